The smallest absolute Gasteiger partial charge is 0.239 e. The molecule has 0 saturated carbocycles. The van der Waals surface area contributed by atoms with E-state index in [1.807, 2.05) is 44.2 Å². The minimum atomic E-state index is 0.0180. The topological polar surface area (TPSA) is 69.6 Å². The molecule has 0 aliphatic carbocycles. The van der Waals surface area contributed by atoms with Crippen LogP contribution in [0.4, 0.5) is 0 Å². The van der Waals surface area contributed by atoms with Crippen molar-refractivity contribution in [3.8, 4) is 5.69 Å². The highest BCUT2D eigenvalue weighted by Gasteiger charge is 2.17. The third-order valence-electron chi connectivity index (χ3n) is 2.92. The molecule has 0 aliphatic heterocycles. The van der Waals surface area contributed by atoms with E-state index in [2.05, 4.69) is 20.2 Å². The van der Waals surface area contributed by atoms with Crippen LogP contribution in [0.1, 0.15) is 30.8 Å². The van der Waals surface area contributed by atoms with Gasteiger partial charge in [-0.25, -0.2) is 9.67 Å². The van der Waals surface area contributed by atoms with Gasteiger partial charge >= 0.3 is 0 Å². The average molecular weight is 301 g/mol. The first kappa shape index (κ1) is 13.8. The Morgan fingerprint density at radius 3 is 2.81 bits per heavy atom. The minimum absolute atomic E-state index is 0.0180. The summed E-state index contributed by atoms with van der Waals surface area (Å²) in [5, 5.41) is 9.06. The number of para-hydroxylation sites is 1. The first-order valence-electron chi connectivity index (χ1n) is 6.72. The fourth-order valence-electron chi connectivity index (χ4n) is 1.79. The van der Waals surface area contributed by atoms with Gasteiger partial charge < -0.3 is 4.52 Å². The Labute approximate surface area is 126 Å². The molecule has 1 atom stereocenters. The molecule has 0 N–H and O–H groups in total. The quantitative estimate of drug-likeness (QED) is 0.675. The fraction of sp³-hybridized carbons (Fsp3) is 0.286. The summed E-state index contributed by atoms with van der Waals surface area (Å²) in [6, 6.07) is 9.88. The third-order valence-corrected chi connectivity index (χ3v) is 3.87. The number of aryl methyl sites for hydroxylation is 1. The maximum absolute atomic E-state index is 5.24. The Balaban J connectivity index is 1.72. The van der Waals surface area contributed by atoms with Gasteiger partial charge in [0.1, 0.15) is 6.33 Å². The molecule has 0 fully saturated rings. The second-order valence-electron chi connectivity index (χ2n) is 4.47. The zero-order valence-electron chi connectivity index (χ0n) is 11.8. The first-order valence-corrected chi connectivity index (χ1v) is 7.60. The second-order valence-corrected chi connectivity index (χ2v) is 5.78. The van der Waals surface area contributed by atoms with Crippen LogP contribution >= 0.6 is 11.8 Å². The summed E-state index contributed by atoms with van der Waals surface area (Å²) in [4.78, 5) is 8.64. The van der Waals surface area contributed by atoms with Gasteiger partial charge in [0.2, 0.25) is 11.0 Å². The fourth-order valence-corrected chi connectivity index (χ4v) is 2.55. The SMILES string of the molecule is CCc1noc(C(C)Sc2ncn(-c3ccccc3)n2)n1. The Hall–Kier alpha value is -2.15. The molecule has 0 aliphatic rings. The van der Waals surface area contributed by atoms with Crippen LogP contribution in [0.2, 0.25) is 0 Å². The zero-order chi connectivity index (χ0) is 14.7. The van der Waals surface area contributed by atoms with Gasteiger partial charge in [0, 0.05) is 6.42 Å². The van der Waals surface area contributed by atoms with Crippen molar-refractivity contribution in [1.82, 2.24) is 24.9 Å². The van der Waals surface area contributed by atoms with Gasteiger partial charge in [0.15, 0.2) is 5.82 Å². The van der Waals surface area contributed by atoms with Crippen LogP contribution in [0, 0.1) is 0 Å². The predicted molar refractivity (Wildman–Crippen MR) is 79.3 cm³/mol. The van der Waals surface area contributed by atoms with Crippen LogP contribution in [0.15, 0.2) is 46.3 Å². The maximum atomic E-state index is 5.24. The van der Waals surface area contributed by atoms with Gasteiger partial charge in [-0.2, -0.15) is 4.98 Å². The Bertz CT molecular complexity index is 709. The number of hydrogen-bond donors (Lipinski definition) is 0. The molecular formula is C14H15N5OS. The number of nitrogens with zero attached hydrogens (tertiary/aromatic N) is 5. The van der Waals surface area contributed by atoms with Crippen molar-refractivity contribution in [2.45, 2.75) is 30.7 Å². The van der Waals surface area contributed by atoms with Crippen molar-refractivity contribution in [1.29, 1.82) is 0 Å². The van der Waals surface area contributed by atoms with Gasteiger partial charge in [-0.3, -0.25) is 0 Å². The van der Waals surface area contributed by atoms with Gasteiger partial charge in [-0.05, 0) is 19.1 Å². The van der Waals surface area contributed by atoms with Gasteiger partial charge in [0.05, 0.1) is 10.9 Å². The molecule has 3 aromatic rings. The van der Waals surface area contributed by atoms with Crippen LogP contribution in [0.25, 0.3) is 5.69 Å². The number of thioether (sulfide) groups is 1. The third kappa shape index (κ3) is 3.13. The lowest BCUT2D eigenvalue weighted by Gasteiger charge is -2.02. The molecule has 6 nitrogen and oxygen atoms in total. The van der Waals surface area contributed by atoms with Crippen LogP contribution in [0.5, 0.6) is 0 Å². The first-order chi connectivity index (χ1) is 10.3. The lowest BCUT2D eigenvalue weighted by molar-refractivity contribution is 0.375. The van der Waals surface area contributed by atoms with Crippen LogP contribution in [0.3, 0.4) is 0 Å². The number of aromatic nitrogens is 5. The molecule has 0 spiro atoms. The van der Waals surface area contributed by atoms with Gasteiger partial charge in [-0.15, -0.1) is 5.10 Å². The van der Waals surface area contributed by atoms with Crippen LogP contribution < -0.4 is 0 Å². The van der Waals surface area contributed by atoms with Crippen molar-refractivity contribution < 1.29 is 4.52 Å². The molecule has 2 heterocycles. The molecule has 3 rings (SSSR count). The molecule has 0 radical (unpaired) electrons. The molecule has 0 amide bonds. The summed E-state index contributed by atoms with van der Waals surface area (Å²) in [6.07, 6.45) is 2.47. The van der Waals surface area contributed by atoms with E-state index in [-0.39, 0.29) is 5.25 Å². The van der Waals surface area contributed by atoms with Crippen molar-refractivity contribution in [3.63, 3.8) is 0 Å². The number of benzene rings is 1. The highest BCUT2D eigenvalue weighted by molar-refractivity contribution is 7.99. The van der Waals surface area contributed by atoms with Gasteiger partial charge in [-0.1, -0.05) is 42.0 Å². The summed E-state index contributed by atoms with van der Waals surface area (Å²) in [5.74, 6) is 1.33. The average Bonchev–Trinajstić information content (AvgIpc) is 3.17. The zero-order valence-corrected chi connectivity index (χ0v) is 12.6. The largest absolute Gasteiger partial charge is 0.338 e. The molecule has 1 unspecified atom stereocenters. The Morgan fingerprint density at radius 1 is 1.29 bits per heavy atom. The minimum Gasteiger partial charge on any atom is -0.338 e. The van der Waals surface area contributed by atoms with E-state index in [0.29, 0.717) is 11.0 Å². The van der Waals surface area contributed by atoms with Gasteiger partial charge in [0.25, 0.3) is 0 Å². The lowest BCUT2D eigenvalue weighted by atomic mass is 10.3. The van der Waals surface area contributed by atoms with Crippen LogP contribution in [-0.4, -0.2) is 24.9 Å². The van der Waals surface area contributed by atoms with E-state index in [0.717, 1.165) is 17.9 Å². The molecule has 0 bridgehead atoms. The molecule has 1 aromatic carbocycles. The Kier molecular flexibility index (Phi) is 4.01. The van der Waals surface area contributed by atoms with Crippen molar-refractivity contribution in [3.05, 3.63) is 48.4 Å². The lowest BCUT2D eigenvalue weighted by Crippen LogP contribution is -1.95. The Morgan fingerprint density at radius 2 is 2.10 bits per heavy atom. The van der Waals surface area contributed by atoms with Crippen molar-refractivity contribution in [2.75, 3.05) is 0 Å². The van der Waals surface area contributed by atoms with E-state index in [1.165, 1.54) is 11.8 Å². The summed E-state index contributed by atoms with van der Waals surface area (Å²) in [5.41, 5.74) is 0.982. The predicted octanol–water partition coefficient (Wildman–Crippen LogP) is 3.07. The van der Waals surface area contributed by atoms with E-state index in [9.17, 15) is 0 Å². The summed E-state index contributed by atoms with van der Waals surface area (Å²) >= 11 is 1.50. The molecule has 7 heteroatoms. The van der Waals surface area contributed by atoms with E-state index in [1.54, 1.807) is 11.0 Å². The maximum Gasteiger partial charge on any atom is 0.239 e. The summed E-state index contributed by atoms with van der Waals surface area (Å²) < 4.78 is 6.99. The second kappa shape index (κ2) is 6.09. The molecular weight excluding hydrogens is 286 g/mol. The molecule has 0 saturated heterocycles. The van der Waals surface area contributed by atoms with E-state index >= 15 is 0 Å². The summed E-state index contributed by atoms with van der Waals surface area (Å²) in [7, 11) is 0. The highest BCUT2D eigenvalue weighted by atomic mass is 32.2. The van der Waals surface area contributed by atoms with Crippen molar-refractivity contribution in [2.24, 2.45) is 0 Å². The number of rotatable bonds is 5. The normalized spacial score (nSPS) is 12.5. The molecule has 108 valence electrons. The summed E-state index contributed by atoms with van der Waals surface area (Å²) in [6.45, 7) is 4.00. The monoisotopic (exact) mass is 301 g/mol. The molecule has 2 aromatic heterocycles. The van der Waals surface area contributed by atoms with Crippen molar-refractivity contribution >= 4 is 11.8 Å². The van der Waals surface area contributed by atoms with E-state index in [4.69, 9.17) is 4.52 Å². The highest BCUT2D eigenvalue weighted by Crippen LogP contribution is 2.31. The number of hydrogen-bond acceptors (Lipinski definition) is 6. The molecule has 21 heavy (non-hydrogen) atoms. The van der Waals surface area contributed by atoms with Crippen LogP contribution in [-0.2, 0) is 6.42 Å². The van der Waals surface area contributed by atoms with E-state index < -0.39 is 0 Å². The standard InChI is InChI=1S/C14H15N5OS/c1-3-12-16-13(20-18-12)10(2)21-14-15-9-19(17-14)11-7-5-4-6-8-11/h4-10H,3H2,1-2H3.